The van der Waals surface area contributed by atoms with Gasteiger partial charge in [0.05, 0.1) is 6.04 Å². The second-order valence-electron chi connectivity index (χ2n) is 4.81. The highest BCUT2D eigenvalue weighted by molar-refractivity contribution is 9.10. The quantitative estimate of drug-likeness (QED) is 0.811. The van der Waals surface area contributed by atoms with Crippen LogP contribution in [0.4, 0.5) is 4.39 Å². The Hall–Kier alpha value is -1.01. The van der Waals surface area contributed by atoms with Gasteiger partial charge in [-0.05, 0) is 45.1 Å². The molecule has 1 aliphatic heterocycles. The number of nitrogens with zero attached hydrogens (tertiary/aromatic N) is 4. The third-order valence-corrected chi connectivity index (χ3v) is 3.89. The summed E-state index contributed by atoms with van der Waals surface area (Å²) >= 11 is 3.27. The minimum absolute atomic E-state index is 0.284. The fourth-order valence-electron chi connectivity index (χ4n) is 2.35. The van der Waals surface area contributed by atoms with Crippen molar-refractivity contribution in [2.45, 2.75) is 18.9 Å². The molecular formula is C12H14BrFN4. The smallest absolute Gasteiger partial charge is 0.154 e. The molecule has 0 radical (unpaired) electrons. The zero-order chi connectivity index (χ0) is 12.7. The van der Waals surface area contributed by atoms with Gasteiger partial charge >= 0.3 is 0 Å². The van der Waals surface area contributed by atoms with E-state index in [1.807, 2.05) is 0 Å². The Balaban J connectivity index is 1.96. The summed E-state index contributed by atoms with van der Waals surface area (Å²) < 4.78 is 14.4. The average Bonchev–Trinajstić information content (AvgIpc) is 2.74. The second-order valence-corrected chi connectivity index (χ2v) is 5.73. The Morgan fingerprint density at radius 3 is 2.72 bits per heavy atom. The maximum atomic E-state index is 13.7. The molecule has 1 aromatic heterocycles. The maximum Gasteiger partial charge on any atom is 0.154 e. The Bertz CT molecular complexity index is 575. The zero-order valence-corrected chi connectivity index (χ0v) is 11.7. The summed E-state index contributed by atoms with van der Waals surface area (Å²) in [6.07, 6.45) is 2.03. The molecule has 0 atom stereocenters. The van der Waals surface area contributed by atoms with Crippen LogP contribution in [-0.4, -0.2) is 40.0 Å². The lowest BCUT2D eigenvalue weighted by atomic mass is 10.1. The van der Waals surface area contributed by atoms with E-state index < -0.39 is 0 Å². The lowest BCUT2D eigenvalue weighted by molar-refractivity contribution is 0.202. The molecule has 0 aliphatic carbocycles. The molecule has 1 fully saturated rings. The molecule has 0 N–H and O–H groups in total. The molecule has 0 saturated carbocycles. The van der Waals surface area contributed by atoms with Crippen LogP contribution in [0.5, 0.6) is 0 Å². The van der Waals surface area contributed by atoms with Crippen LogP contribution in [0, 0.1) is 5.82 Å². The van der Waals surface area contributed by atoms with Crippen molar-refractivity contribution in [3.8, 4) is 0 Å². The molecule has 0 unspecified atom stereocenters. The van der Waals surface area contributed by atoms with Crippen molar-refractivity contribution in [2.75, 3.05) is 20.1 Å². The molecule has 18 heavy (non-hydrogen) atoms. The largest absolute Gasteiger partial charge is 0.306 e. The normalized spacial score (nSPS) is 18.6. The molecule has 0 amide bonds. The highest BCUT2D eigenvalue weighted by Crippen LogP contribution is 2.24. The van der Waals surface area contributed by atoms with E-state index in [-0.39, 0.29) is 11.9 Å². The number of aromatic nitrogens is 3. The first-order valence-corrected chi connectivity index (χ1v) is 6.83. The van der Waals surface area contributed by atoms with E-state index in [9.17, 15) is 4.39 Å². The molecule has 2 aromatic rings. The van der Waals surface area contributed by atoms with Gasteiger partial charge in [-0.3, -0.25) is 0 Å². The molecule has 2 heterocycles. The molecule has 6 heteroatoms. The van der Waals surface area contributed by atoms with E-state index in [0.717, 1.165) is 25.9 Å². The van der Waals surface area contributed by atoms with Gasteiger partial charge < -0.3 is 4.90 Å². The molecule has 4 nitrogen and oxygen atoms in total. The van der Waals surface area contributed by atoms with Gasteiger partial charge in [-0.15, -0.1) is 5.10 Å². The van der Waals surface area contributed by atoms with E-state index in [0.29, 0.717) is 15.5 Å². The number of likely N-dealkylation sites (tertiary alicyclic amines) is 1. The van der Waals surface area contributed by atoms with Gasteiger partial charge in [0.2, 0.25) is 0 Å². The molecule has 1 aromatic carbocycles. The van der Waals surface area contributed by atoms with Gasteiger partial charge in [0.15, 0.2) is 5.82 Å². The van der Waals surface area contributed by atoms with Crippen molar-refractivity contribution >= 4 is 27.0 Å². The first kappa shape index (κ1) is 12.0. The monoisotopic (exact) mass is 312 g/mol. The van der Waals surface area contributed by atoms with Crippen LogP contribution in [0.1, 0.15) is 18.9 Å². The fraction of sp³-hybridized carbons (Fsp3) is 0.500. The molecule has 96 valence electrons. The van der Waals surface area contributed by atoms with E-state index in [1.165, 1.54) is 6.07 Å². The Kier molecular flexibility index (Phi) is 3.07. The zero-order valence-electron chi connectivity index (χ0n) is 10.1. The Morgan fingerprint density at radius 1 is 1.28 bits per heavy atom. The Labute approximate surface area is 113 Å². The van der Waals surface area contributed by atoms with E-state index in [2.05, 4.69) is 38.1 Å². The summed E-state index contributed by atoms with van der Waals surface area (Å²) in [5, 5.41) is 8.69. The average molecular weight is 313 g/mol. The first-order chi connectivity index (χ1) is 8.63. The SMILES string of the molecule is CN1CCC(n2nc3cc(Br)cc(F)c3n2)CC1. The number of hydrogen-bond donors (Lipinski definition) is 0. The van der Waals surface area contributed by atoms with E-state index in [4.69, 9.17) is 0 Å². The van der Waals surface area contributed by atoms with Crippen molar-refractivity contribution in [3.63, 3.8) is 0 Å². The van der Waals surface area contributed by atoms with Crippen molar-refractivity contribution < 1.29 is 4.39 Å². The van der Waals surface area contributed by atoms with Crippen molar-refractivity contribution in [2.24, 2.45) is 0 Å². The third kappa shape index (κ3) is 2.14. The summed E-state index contributed by atoms with van der Waals surface area (Å²) in [6.45, 7) is 2.07. The predicted molar refractivity (Wildman–Crippen MR) is 71.0 cm³/mol. The van der Waals surface area contributed by atoms with Gasteiger partial charge in [-0.1, -0.05) is 15.9 Å². The highest BCUT2D eigenvalue weighted by atomic mass is 79.9. The van der Waals surface area contributed by atoms with Gasteiger partial charge in [0.25, 0.3) is 0 Å². The van der Waals surface area contributed by atoms with Crippen LogP contribution in [0.25, 0.3) is 11.0 Å². The number of halogens is 2. The molecule has 0 spiro atoms. The molecular weight excluding hydrogens is 299 g/mol. The third-order valence-electron chi connectivity index (χ3n) is 3.44. The summed E-state index contributed by atoms with van der Waals surface area (Å²) in [5.41, 5.74) is 0.970. The summed E-state index contributed by atoms with van der Waals surface area (Å²) in [5.74, 6) is -0.321. The van der Waals surface area contributed by atoms with Gasteiger partial charge in [0.1, 0.15) is 11.0 Å². The highest BCUT2D eigenvalue weighted by Gasteiger charge is 2.21. The minimum atomic E-state index is -0.321. The molecule has 3 rings (SSSR count). The van der Waals surface area contributed by atoms with Gasteiger partial charge in [0, 0.05) is 4.47 Å². The van der Waals surface area contributed by atoms with Crippen molar-refractivity contribution in [1.29, 1.82) is 0 Å². The number of hydrogen-bond acceptors (Lipinski definition) is 3. The molecule has 0 bridgehead atoms. The van der Waals surface area contributed by atoms with Gasteiger partial charge in [-0.2, -0.15) is 9.90 Å². The number of benzene rings is 1. The summed E-state index contributed by atoms with van der Waals surface area (Å²) in [6, 6.07) is 3.51. The predicted octanol–water partition coefficient (Wildman–Crippen LogP) is 2.60. The fourth-order valence-corrected chi connectivity index (χ4v) is 2.77. The number of fused-ring (bicyclic) bond motifs is 1. The van der Waals surface area contributed by atoms with E-state index >= 15 is 0 Å². The van der Waals surface area contributed by atoms with Crippen LogP contribution in [0.3, 0.4) is 0 Å². The van der Waals surface area contributed by atoms with E-state index in [1.54, 1.807) is 10.9 Å². The summed E-state index contributed by atoms with van der Waals surface area (Å²) in [7, 11) is 2.11. The van der Waals surface area contributed by atoms with Crippen LogP contribution in [0.2, 0.25) is 0 Å². The Morgan fingerprint density at radius 2 is 2.00 bits per heavy atom. The number of rotatable bonds is 1. The van der Waals surface area contributed by atoms with Crippen LogP contribution in [0.15, 0.2) is 16.6 Å². The van der Waals surface area contributed by atoms with Crippen LogP contribution in [-0.2, 0) is 0 Å². The van der Waals surface area contributed by atoms with Crippen molar-refractivity contribution in [1.82, 2.24) is 19.9 Å². The minimum Gasteiger partial charge on any atom is -0.306 e. The standard InChI is InChI=1S/C12H14BrFN4/c1-17-4-2-9(3-5-17)18-15-11-7-8(13)6-10(14)12(11)16-18/h6-7,9H,2-5H2,1H3. The molecule has 1 aliphatic rings. The first-order valence-electron chi connectivity index (χ1n) is 6.03. The van der Waals surface area contributed by atoms with Crippen molar-refractivity contribution in [3.05, 3.63) is 22.4 Å². The lowest BCUT2D eigenvalue weighted by Gasteiger charge is -2.27. The van der Waals surface area contributed by atoms with Crippen LogP contribution < -0.4 is 0 Å². The van der Waals surface area contributed by atoms with Crippen LogP contribution >= 0.6 is 15.9 Å². The number of piperidine rings is 1. The topological polar surface area (TPSA) is 34.0 Å². The summed E-state index contributed by atoms with van der Waals surface area (Å²) in [4.78, 5) is 3.98. The maximum absolute atomic E-state index is 13.7. The molecule has 1 saturated heterocycles. The van der Waals surface area contributed by atoms with Gasteiger partial charge in [-0.25, -0.2) is 4.39 Å². The second kappa shape index (κ2) is 4.59. The lowest BCUT2D eigenvalue weighted by Crippen LogP contribution is -2.32.